The van der Waals surface area contributed by atoms with Crippen LogP contribution >= 0.6 is 0 Å². The summed E-state index contributed by atoms with van der Waals surface area (Å²) < 4.78 is 31.0. The number of carbonyl (C=O) groups excluding carboxylic acids is 2. The number of benzene rings is 3. The van der Waals surface area contributed by atoms with Crippen LogP contribution in [0.3, 0.4) is 0 Å². The Balaban J connectivity index is 1.46. The standard InChI is InChI=1S/C33H32FNO5/c1-20-30(33(37)40-15-14-21-8-5-4-6-9-21)31(23-10-7-11-25(34)16-23)32-26(35-20)17-24(18-27(32)36)22-12-13-28(38-2)29(19-22)39-3/h4-13,16,19,24,30-31H,14-15,17-18H2,1-3H3/t24-,30?,31-/m1/s1. The monoisotopic (exact) mass is 541 g/mol. The summed E-state index contributed by atoms with van der Waals surface area (Å²) in [6.07, 6.45) is 1.32. The van der Waals surface area contributed by atoms with Gasteiger partial charge in [-0.3, -0.25) is 14.6 Å². The van der Waals surface area contributed by atoms with Crippen LogP contribution in [0.25, 0.3) is 0 Å². The first-order valence-electron chi connectivity index (χ1n) is 13.4. The molecular weight excluding hydrogens is 509 g/mol. The highest BCUT2D eigenvalue weighted by molar-refractivity contribution is 6.09. The van der Waals surface area contributed by atoms with Gasteiger partial charge in [-0.2, -0.15) is 0 Å². The van der Waals surface area contributed by atoms with Crippen LogP contribution in [-0.4, -0.2) is 38.3 Å². The Bertz CT molecular complexity index is 1480. The number of rotatable bonds is 8. The Hall–Kier alpha value is -4.26. The van der Waals surface area contributed by atoms with E-state index in [0.29, 0.717) is 46.9 Å². The summed E-state index contributed by atoms with van der Waals surface area (Å²) in [5.41, 5.74) is 4.21. The van der Waals surface area contributed by atoms with Gasteiger partial charge in [-0.05, 0) is 60.2 Å². The number of hydrogen-bond acceptors (Lipinski definition) is 6. The van der Waals surface area contributed by atoms with Crippen LogP contribution in [0.2, 0.25) is 0 Å². The van der Waals surface area contributed by atoms with E-state index in [1.807, 2.05) is 48.5 Å². The highest BCUT2D eigenvalue weighted by Crippen LogP contribution is 2.47. The predicted octanol–water partition coefficient (Wildman–Crippen LogP) is 6.20. The van der Waals surface area contributed by atoms with Crippen LogP contribution in [0.15, 0.2) is 89.1 Å². The van der Waals surface area contributed by atoms with Gasteiger partial charge in [-0.25, -0.2) is 4.39 Å². The Morgan fingerprint density at radius 3 is 2.42 bits per heavy atom. The van der Waals surface area contributed by atoms with E-state index < -0.39 is 23.6 Å². The summed E-state index contributed by atoms with van der Waals surface area (Å²) in [5, 5.41) is 0. The lowest BCUT2D eigenvalue weighted by atomic mass is 9.69. The summed E-state index contributed by atoms with van der Waals surface area (Å²) in [7, 11) is 3.15. The van der Waals surface area contributed by atoms with E-state index in [2.05, 4.69) is 0 Å². The lowest BCUT2D eigenvalue weighted by Crippen LogP contribution is -2.38. The maximum Gasteiger partial charge on any atom is 0.315 e. The van der Waals surface area contributed by atoms with Gasteiger partial charge in [0.2, 0.25) is 0 Å². The molecule has 1 aliphatic heterocycles. The van der Waals surface area contributed by atoms with Gasteiger partial charge in [0, 0.05) is 35.7 Å². The van der Waals surface area contributed by atoms with Crippen LogP contribution in [-0.2, 0) is 20.7 Å². The quantitative estimate of drug-likeness (QED) is 0.317. The van der Waals surface area contributed by atoms with Crippen LogP contribution < -0.4 is 9.47 Å². The van der Waals surface area contributed by atoms with E-state index in [1.165, 1.54) is 12.1 Å². The number of carbonyl (C=O) groups is 2. The van der Waals surface area contributed by atoms with Crippen molar-refractivity contribution < 1.29 is 28.2 Å². The second-order valence-electron chi connectivity index (χ2n) is 10.2. The molecule has 5 rings (SSSR count). The maximum absolute atomic E-state index is 14.4. The minimum Gasteiger partial charge on any atom is -0.493 e. The summed E-state index contributed by atoms with van der Waals surface area (Å²) in [6.45, 7) is 1.98. The first-order chi connectivity index (χ1) is 19.4. The van der Waals surface area contributed by atoms with Crippen molar-refractivity contribution in [1.29, 1.82) is 0 Å². The van der Waals surface area contributed by atoms with Crippen molar-refractivity contribution in [3.05, 3.63) is 107 Å². The predicted molar refractivity (Wildman–Crippen MR) is 150 cm³/mol. The molecule has 0 aromatic heterocycles. The molecular formula is C33H32FNO5. The van der Waals surface area contributed by atoms with Gasteiger partial charge in [0.05, 0.1) is 20.8 Å². The third kappa shape index (κ3) is 5.55. The highest BCUT2D eigenvalue weighted by atomic mass is 19.1. The number of Topliss-reactive ketones (excluding diaryl/α,β-unsaturated/α-hetero) is 1. The number of hydrogen-bond donors (Lipinski definition) is 0. The molecule has 3 aromatic rings. The smallest absolute Gasteiger partial charge is 0.315 e. The second-order valence-corrected chi connectivity index (χ2v) is 10.2. The largest absolute Gasteiger partial charge is 0.493 e. The summed E-state index contributed by atoms with van der Waals surface area (Å²) in [6, 6.07) is 21.5. The third-order valence-electron chi connectivity index (χ3n) is 7.71. The van der Waals surface area contributed by atoms with Gasteiger partial charge >= 0.3 is 5.97 Å². The van der Waals surface area contributed by atoms with Crippen LogP contribution in [0.5, 0.6) is 11.5 Å². The first-order valence-corrected chi connectivity index (χ1v) is 13.4. The van der Waals surface area contributed by atoms with E-state index in [0.717, 1.165) is 11.1 Å². The molecule has 206 valence electrons. The number of nitrogens with zero attached hydrogens (tertiary/aromatic N) is 1. The Kier molecular flexibility index (Phi) is 8.10. The van der Waals surface area contributed by atoms with E-state index in [-0.39, 0.29) is 24.7 Å². The van der Waals surface area contributed by atoms with E-state index in [4.69, 9.17) is 19.2 Å². The Morgan fingerprint density at radius 2 is 1.70 bits per heavy atom. The first kappa shape index (κ1) is 27.3. The van der Waals surface area contributed by atoms with Crippen molar-refractivity contribution >= 4 is 17.5 Å². The Morgan fingerprint density at radius 1 is 0.925 bits per heavy atom. The molecule has 6 nitrogen and oxygen atoms in total. The minimum absolute atomic E-state index is 0.103. The topological polar surface area (TPSA) is 74.2 Å². The molecule has 0 saturated carbocycles. The molecule has 0 spiro atoms. The summed E-state index contributed by atoms with van der Waals surface area (Å²) >= 11 is 0. The van der Waals surface area contributed by atoms with Crippen molar-refractivity contribution in [3.63, 3.8) is 0 Å². The minimum atomic E-state index is -0.821. The molecule has 0 bridgehead atoms. The van der Waals surface area contributed by atoms with E-state index in [1.54, 1.807) is 33.3 Å². The molecule has 3 atom stereocenters. The highest BCUT2D eigenvalue weighted by Gasteiger charge is 2.45. The molecule has 2 aliphatic rings. The van der Waals surface area contributed by atoms with Crippen LogP contribution in [0.4, 0.5) is 4.39 Å². The van der Waals surface area contributed by atoms with Gasteiger partial charge in [-0.15, -0.1) is 0 Å². The van der Waals surface area contributed by atoms with Gasteiger partial charge in [0.15, 0.2) is 17.3 Å². The lowest BCUT2D eigenvalue weighted by Gasteiger charge is -2.36. The molecule has 40 heavy (non-hydrogen) atoms. The molecule has 1 aliphatic carbocycles. The van der Waals surface area contributed by atoms with Crippen molar-refractivity contribution in [3.8, 4) is 11.5 Å². The van der Waals surface area contributed by atoms with Gasteiger partial charge in [0.1, 0.15) is 11.7 Å². The third-order valence-corrected chi connectivity index (χ3v) is 7.71. The maximum atomic E-state index is 14.4. The van der Waals surface area contributed by atoms with Crippen molar-refractivity contribution in [2.24, 2.45) is 10.9 Å². The number of halogens is 1. The number of ketones is 1. The molecule has 7 heteroatoms. The lowest BCUT2D eigenvalue weighted by molar-refractivity contribution is -0.146. The zero-order valence-electron chi connectivity index (χ0n) is 22.9. The fourth-order valence-corrected chi connectivity index (χ4v) is 5.77. The van der Waals surface area contributed by atoms with Gasteiger partial charge < -0.3 is 14.2 Å². The van der Waals surface area contributed by atoms with Crippen molar-refractivity contribution in [1.82, 2.24) is 0 Å². The fourth-order valence-electron chi connectivity index (χ4n) is 5.77. The number of methoxy groups -OCH3 is 2. The number of aliphatic imine (C=N–C) groups is 1. The van der Waals surface area contributed by atoms with Gasteiger partial charge in [-0.1, -0.05) is 48.5 Å². The average molecular weight is 542 g/mol. The molecule has 0 radical (unpaired) electrons. The molecule has 1 heterocycles. The molecule has 1 unspecified atom stereocenters. The molecule has 0 N–H and O–H groups in total. The average Bonchev–Trinajstić information content (AvgIpc) is 2.96. The van der Waals surface area contributed by atoms with Crippen LogP contribution in [0, 0.1) is 11.7 Å². The molecule has 0 saturated heterocycles. The number of allylic oxidation sites excluding steroid dienone is 2. The van der Waals surface area contributed by atoms with E-state index >= 15 is 0 Å². The zero-order valence-corrected chi connectivity index (χ0v) is 22.9. The van der Waals surface area contributed by atoms with E-state index in [9.17, 15) is 14.0 Å². The SMILES string of the molecule is COc1ccc([C@H]2CC(=O)C3=C(C2)N=C(C)C(C(=O)OCCc2ccccc2)[C@H]3c2cccc(F)c2)cc1OC. The summed E-state index contributed by atoms with van der Waals surface area (Å²) in [4.78, 5) is 32.1. The Labute approximate surface area is 233 Å². The van der Waals surface area contributed by atoms with Gasteiger partial charge in [0.25, 0.3) is 0 Å². The molecule has 0 fully saturated rings. The van der Waals surface area contributed by atoms with Crippen LogP contribution in [0.1, 0.15) is 48.3 Å². The normalized spacial score (nSPS) is 20.4. The number of ether oxygens (including phenoxy) is 3. The molecule has 3 aromatic carbocycles. The second kappa shape index (κ2) is 11.9. The van der Waals surface area contributed by atoms with Crippen molar-refractivity contribution in [2.45, 2.75) is 38.0 Å². The fraction of sp³-hybridized carbons (Fsp3) is 0.303. The zero-order chi connectivity index (χ0) is 28.2. The number of esters is 1. The summed E-state index contributed by atoms with van der Waals surface area (Å²) in [5.74, 6) is -1.41. The molecule has 0 amide bonds. The van der Waals surface area contributed by atoms with Crippen molar-refractivity contribution in [2.75, 3.05) is 20.8 Å².